The fourth-order valence-corrected chi connectivity index (χ4v) is 5.48. The summed E-state index contributed by atoms with van der Waals surface area (Å²) in [5.74, 6) is 1.97. The van der Waals surface area contributed by atoms with Gasteiger partial charge in [0.1, 0.15) is 17.2 Å². The van der Waals surface area contributed by atoms with E-state index in [0.29, 0.717) is 23.0 Å². The van der Waals surface area contributed by atoms with Crippen LogP contribution in [0.25, 0.3) is 56.4 Å². The molecule has 1 aliphatic rings. The van der Waals surface area contributed by atoms with Gasteiger partial charge in [-0.3, -0.25) is 0 Å². The average molecular weight is 561 g/mol. The largest absolute Gasteiger partial charge is 0.482 e. The number of aromatic nitrogens is 3. The number of benzene rings is 5. The number of fused-ring (bicyclic) bond motifs is 3. The molecule has 5 nitrogen and oxygen atoms in total. The topological polar surface area (TPSA) is 71.7 Å². The molecule has 0 amide bonds. The van der Waals surface area contributed by atoms with Gasteiger partial charge in [0.05, 0.1) is 11.6 Å². The molecule has 0 N–H and O–H groups in total. The lowest BCUT2D eigenvalue weighted by atomic mass is 9.86. The molecule has 1 aliphatic heterocycles. The Balaban J connectivity index is 1.37. The van der Waals surface area contributed by atoms with Crippen LogP contribution in [-0.4, -0.2) is 15.0 Å². The Hall–Kier alpha value is -5.67. The first kappa shape index (κ1) is 26.2. The minimum Gasteiger partial charge on any atom is -0.482 e. The van der Waals surface area contributed by atoms with E-state index in [9.17, 15) is 9.65 Å². The standard InChI is InChI=1S/C37H25FN4O/c1-37(2)32-9-4-3-8-30(32)31-19-16-28(21-33(31)43-37)36-41-34(25-12-10-23(22-39)11-13-25)40-35(42-36)27-7-5-6-26(20-27)24-14-17-29(38)18-15-24/h3-21H,1-2H3. The van der Waals surface area contributed by atoms with Crippen molar-refractivity contribution in [1.82, 2.24) is 15.0 Å². The summed E-state index contributed by atoms with van der Waals surface area (Å²) in [5.41, 5.74) is 7.53. The Morgan fingerprint density at radius 3 is 1.93 bits per heavy atom. The first-order valence-corrected chi connectivity index (χ1v) is 13.9. The molecule has 0 radical (unpaired) electrons. The highest BCUT2D eigenvalue weighted by Gasteiger charge is 2.32. The summed E-state index contributed by atoms with van der Waals surface area (Å²) in [7, 11) is 0. The first-order valence-electron chi connectivity index (χ1n) is 13.9. The lowest BCUT2D eigenvalue weighted by Gasteiger charge is -2.35. The van der Waals surface area contributed by atoms with Crippen molar-refractivity contribution >= 4 is 0 Å². The van der Waals surface area contributed by atoms with Gasteiger partial charge in [-0.15, -0.1) is 0 Å². The first-order chi connectivity index (χ1) is 20.9. The van der Waals surface area contributed by atoms with Crippen LogP contribution in [-0.2, 0) is 5.60 Å². The van der Waals surface area contributed by atoms with Crippen molar-refractivity contribution in [3.8, 4) is 68.2 Å². The molecule has 6 aromatic rings. The number of halogens is 1. The Labute approximate surface area is 249 Å². The van der Waals surface area contributed by atoms with E-state index >= 15 is 0 Å². The fourth-order valence-electron chi connectivity index (χ4n) is 5.48. The molecule has 0 spiro atoms. The third-order valence-corrected chi connectivity index (χ3v) is 7.68. The number of hydrogen-bond donors (Lipinski definition) is 0. The van der Waals surface area contributed by atoms with Gasteiger partial charge in [-0.2, -0.15) is 5.26 Å². The number of ether oxygens (including phenoxy) is 1. The SMILES string of the molecule is CC1(C)Oc2cc(-c3nc(-c4ccc(C#N)cc4)nc(-c4cccc(-c5ccc(F)cc5)c4)n3)ccc2-c2ccccc21. The van der Waals surface area contributed by atoms with E-state index in [0.717, 1.165) is 50.3 Å². The van der Waals surface area contributed by atoms with Crippen molar-refractivity contribution < 1.29 is 9.13 Å². The molecule has 0 aliphatic carbocycles. The Morgan fingerprint density at radius 2 is 1.21 bits per heavy atom. The van der Waals surface area contributed by atoms with Gasteiger partial charge in [-0.25, -0.2) is 19.3 Å². The summed E-state index contributed by atoms with van der Waals surface area (Å²) < 4.78 is 20.1. The van der Waals surface area contributed by atoms with Gasteiger partial charge in [-0.1, -0.05) is 60.7 Å². The summed E-state index contributed by atoms with van der Waals surface area (Å²) in [6.07, 6.45) is 0. The zero-order valence-corrected chi connectivity index (χ0v) is 23.5. The zero-order valence-electron chi connectivity index (χ0n) is 23.5. The van der Waals surface area contributed by atoms with E-state index in [1.54, 1.807) is 24.3 Å². The molecule has 0 saturated heterocycles. The van der Waals surface area contributed by atoms with Crippen molar-refractivity contribution in [2.75, 3.05) is 0 Å². The van der Waals surface area contributed by atoms with E-state index in [-0.39, 0.29) is 5.82 Å². The van der Waals surface area contributed by atoms with E-state index in [2.05, 4.69) is 38.1 Å². The Kier molecular flexibility index (Phi) is 6.29. The van der Waals surface area contributed by atoms with E-state index in [1.807, 2.05) is 60.7 Å². The van der Waals surface area contributed by atoms with Crippen molar-refractivity contribution in [3.05, 3.63) is 132 Å². The lowest BCUT2D eigenvalue weighted by molar-refractivity contribution is 0.106. The maximum atomic E-state index is 13.6. The Bertz CT molecular complexity index is 2040. The molecule has 2 heterocycles. The molecule has 6 heteroatoms. The second-order valence-electron chi connectivity index (χ2n) is 11.0. The summed E-state index contributed by atoms with van der Waals surface area (Å²) in [5, 5.41) is 9.29. The monoisotopic (exact) mass is 560 g/mol. The van der Waals surface area contributed by atoms with E-state index in [1.165, 1.54) is 12.1 Å². The average Bonchev–Trinajstić information content (AvgIpc) is 3.04. The second-order valence-corrected chi connectivity index (χ2v) is 11.0. The molecule has 0 bridgehead atoms. The van der Waals surface area contributed by atoms with Crippen LogP contribution in [0.4, 0.5) is 4.39 Å². The smallest absolute Gasteiger partial charge is 0.164 e. The van der Waals surface area contributed by atoms with Gasteiger partial charge in [-0.05, 0) is 85.1 Å². The lowest BCUT2D eigenvalue weighted by Crippen LogP contribution is -2.29. The highest BCUT2D eigenvalue weighted by atomic mass is 19.1. The second kappa shape index (κ2) is 10.3. The molecule has 43 heavy (non-hydrogen) atoms. The van der Waals surface area contributed by atoms with Crippen LogP contribution in [0.5, 0.6) is 5.75 Å². The minimum absolute atomic E-state index is 0.282. The van der Waals surface area contributed by atoms with Gasteiger partial charge < -0.3 is 4.74 Å². The molecule has 0 atom stereocenters. The molecule has 5 aromatic carbocycles. The Morgan fingerprint density at radius 1 is 0.605 bits per heavy atom. The van der Waals surface area contributed by atoms with Crippen molar-refractivity contribution in [2.24, 2.45) is 0 Å². The summed E-state index contributed by atoms with van der Waals surface area (Å²) in [6.45, 7) is 4.14. The summed E-state index contributed by atoms with van der Waals surface area (Å²) in [4.78, 5) is 14.6. The number of hydrogen-bond acceptors (Lipinski definition) is 5. The highest BCUT2D eigenvalue weighted by Crippen LogP contribution is 2.46. The predicted octanol–water partition coefficient (Wildman–Crippen LogP) is 8.84. The molecule has 0 fully saturated rings. The maximum absolute atomic E-state index is 13.6. The van der Waals surface area contributed by atoms with Gasteiger partial charge in [0.25, 0.3) is 0 Å². The molecule has 7 rings (SSSR count). The molecular weight excluding hydrogens is 535 g/mol. The summed E-state index contributed by atoms with van der Waals surface area (Å²) in [6, 6.07) is 37.9. The zero-order chi connectivity index (χ0) is 29.6. The molecule has 206 valence electrons. The van der Waals surface area contributed by atoms with Crippen LogP contribution in [0.1, 0.15) is 25.0 Å². The number of rotatable bonds is 4. The molecular formula is C37H25FN4O. The van der Waals surface area contributed by atoms with Gasteiger partial charge in [0.15, 0.2) is 17.5 Å². The molecule has 1 aromatic heterocycles. The quantitative estimate of drug-likeness (QED) is 0.215. The fraction of sp³-hybridized carbons (Fsp3) is 0.0811. The predicted molar refractivity (Wildman–Crippen MR) is 165 cm³/mol. The van der Waals surface area contributed by atoms with Crippen LogP contribution in [0.3, 0.4) is 0 Å². The van der Waals surface area contributed by atoms with Crippen molar-refractivity contribution in [3.63, 3.8) is 0 Å². The molecule has 0 unspecified atom stereocenters. The normalized spacial score (nSPS) is 12.9. The van der Waals surface area contributed by atoms with Crippen LogP contribution < -0.4 is 4.74 Å². The minimum atomic E-state index is -0.499. The van der Waals surface area contributed by atoms with Gasteiger partial charge in [0, 0.05) is 27.8 Å². The number of nitrogens with zero attached hydrogens (tertiary/aromatic N) is 4. The highest BCUT2D eigenvalue weighted by molar-refractivity contribution is 5.80. The van der Waals surface area contributed by atoms with E-state index < -0.39 is 5.60 Å². The summed E-state index contributed by atoms with van der Waals surface area (Å²) >= 11 is 0. The van der Waals surface area contributed by atoms with Crippen LogP contribution >= 0.6 is 0 Å². The van der Waals surface area contributed by atoms with Crippen LogP contribution in [0.2, 0.25) is 0 Å². The van der Waals surface area contributed by atoms with Gasteiger partial charge >= 0.3 is 0 Å². The third kappa shape index (κ3) is 4.92. The van der Waals surface area contributed by atoms with Crippen LogP contribution in [0, 0.1) is 17.1 Å². The van der Waals surface area contributed by atoms with Crippen molar-refractivity contribution in [1.29, 1.82) is 5.26 Å². The van der Waals surface area contributed by atoms with Crippen LogP contribution in [0.15, 0.2) is 115 Å². The van der Waals surface area contributed by atoms with E-state index in [4.69, 9.17) is 19.7 Å². The number of nitriles is 1. The molecule has 0 saturated carbocycles. The third-order valence-electron chi connectivity index (χ3n) is 7.68. The maximum Gasteiger partial charge on any atom is 0.164 e. The van der Waals surface area contributed by atoms with Gasteiger partial charge in [0.2, 0.25) is 0 Å². The van der Waals surface area contributed by atoms with Crippen molar-refractivity contribution in [2.45, 2.75) is 19.4 Å².